The Bertz CT molecular complexity index is 953. The number of amides is 1. The average Bonchev–Trinajstić information content (AvgIpc) is 2.70. The Balaban J connectivity index is 2.13. The number of carbonyl (C=O) groups is 1. The molecule has 31 heavy (non-hydrogen) atoms. The standard InChI is InChI=1S/C21H27N5O5/c1-21(2,3)31-20(28)25-17-10-6-8-15(24-17)12-30-26-18(19(22)23-13-27)14-7-5-9-16(11-14)29-4/h5-11,27H,12-13H2,1-4H3,(H2,22,23)(H,24,25,28)/b26-18+. The maximum atomic E-state index is 11.9. The zero-order chi connectivity index (χ0) is 22.9. The third-order valence-corrected chi connectivity index (χ3v) is 3.63. The van der Waals surface area contributed by atoms with Gasteiger partial charge < -0.3 is 25.2 Å². The molecule has 0 radical (unpaired) electrons. The van der Waals surface area contributed by atoms with Crippen LogP contribution in [-0.2, 0) is 16.2 Å². The van der Waals surface area contributed by atoms with Crippen molar-refractivity contribution < 1.29 is 24.2 Å². The molecule has 0 unspecified atom stereocenters. The second-order valence-corrected chi connectivity index (χ2v) is 7.27. The lowest BCUT2D eigenvalue weighted by Crippen LogP contribution is -2.27. The van der Waals surface area contributed by atoms with Crippen molar-refractivity contribution in [3.8, 4) is 5.75 Å². The predicted molar refractivity (Wildman–Crippen MR) is 117 cm³/mol. The van der Waals surface area contributed by atoms with E-state index in [1.807, 2.05) is 0 Å². The van der Waals surface area contributed by atoms with Gasteiger partial charge >= 0.3 is 6.09 Å². The fourth-order valence-electron chi connectivity index (χ4n) is 2.37. The van der Waals surface area contributed by atoms with Crippen molar-refractivity contribution in [3.05, 3.63) is 53.7 Å². The first-order valence-electron chi connectivity index (χ1n) is 9.43. The van der Waals surface area contributed by atoms with E-state index in [4.69, 9.17) is 25.2 Å². The summed E-state index contributed by atoms with van der Waals surface area (Å²) in [6.45, 7) is 4.83. The molecule has 1 aromatic heterocycles. The fraction of sp³-hybridized carbons (Fsp3) is 0.333. The summed E-state index contributed by atoms with van der Waals surface area (Å²) in [6.07, 6.45) is -0.607. The molecule has 0 fully saturated rings. The van der Waals surface area contributed by atoms with E-state index >= 15 is 0 Å². The molecule has 0 spiro atoms. The van der Waals surface area contributed by atoms with Gasteiger partial charge in [0.1, 0.15) is 23.9 Å². The molecule has 0 aliphatic rings. The van der Waals surface area contributed by atoms with Gasteiger partial charge in [0.15, 0.2) is 18.2 Å². The molecule has 0 bridgehead atoms. The first kappa shape index (κ1) is 23.6. The number of ether oxygens (including phenoxy) is 2. The number of carbonyl (C=O) groups excluding carboxylic acids is 1. The fourth-order valence-corrected chi connectivity index (χ4v) is 2.37. The van der Waals surface area contributed by atoms with E-state index < -0.39 is 18.4 Å². The second-order valence-electron chi connectivity index (χ2n) is 7.27. The minimum atomic E-state index is -0.619. The lowest BCUT2D eigenvalue weighted by atomic mass is 10.1. The van der Waals surface area contributed by atoms with Gasteiger partial charge in [-0.1, -0.05) is 23.4 Å². The molecule has 10 nitrogen and oxygen atoms in total. The van der Waals surface area contributed by atoms with Gasteiger partial charge in [-0.25, -0.2) is 14.8 Å². The second kappa shape index (κ2) is 10.9. The largest absolute Gasteiger partial charge is 0.497 e. The van der Waals surface area contributed by atoms with Crippen molar-refractivity contribution in [2.45, 2.75) is 33.0 Å². The highest BCUT2D eigenvalue weighted by Gasteiger charge is 2.16. The van der Waals surface area contributed by atoms with Crippen molar-refractivity contribution in [2.75, 3.05) is 19.2 Å². The number of aliphatic hydroxyl groups excluding tert-OH is 1. The van der Waals surface area contributed by atoms with Gasteiger partial charge in [-0.3, -0.25) is 5.32 Å². The Labute approximate surface area is 180 Å². The molecule has 0 atom stereocenters. The summed E-state index contributed by atoms with van der Waals surface area (Å²) in [5.74, 6) is 0.919. The lowest BCUT2D eigenvalue weighted by molar-refractivity contribution is 0.0635. The number of amidine groups is 1. The van der Waals surface area contributed by atoms with Crippen LogP contribution in [-0.4, -0.2) is 47.2 Å². The topological polar surface area (TPSA) is 141 Å². The van der Waals surface area contributed by atoms with Crippen LogP contribution < -0.4 is 15.8 Å². The summed E-state index contributed by atoms with van der Waals surface area (Å²) in [4.78, 5) is 25.4. The van der Waals surface area contributed by atoms with Crippen LogP contribution in [0.5, 0.6) is 5.75 Å². The molecule has 4 N–H and O–H groups in total. The third kappa shape index (κ3) is 7.94. The molecular formula is C21H27N5O5. The molecule has 0 aliphatic carbocycles. The summed E-state index contributed by atoms with van der Waals surface area (Å²) < 4.78 is 10.4. The van der Waals surface area contributed by atoms with Crippen LogP contribution >= 0.6 is 0 Å². The zero-order valence-corrected chi connectivity index (χ0v) is 18.0. The number of methoxy groups -OCH3 is 1. The monoisotopic (exact) mass is 429 g/mol. The van der Waals surface area contributed by atoms with Crippen LogP contribution in [0.25, 0.3) is 0 Å². The van der Waals surface area contributed by atoms with Crippen LogP contribution in [0.1, 0.15) is 32.0 Å². The van der Waals surface area contributed by atoms with Crippen molar-refractivity contribution in [1.29, 1.82) is 0 Å². The Hall–Kier alpha value is -3.66. The molecule has 1 aromatic carbocycles. The van der Waals surface area contributed by atoms with Crippen LogP contribution in [0, 0.1) is 0 Å². The van der Waals surface area contributed by atoms with E-state index in [2.05, 4.69) is 20.4 Å². The SMILES string of the molecule is COc1cccc(/C(=N\OCc2cccc(NC(=O)OC(C)(C)C)n2)C(N)=NCO)c1. The Morgan fingerprint density at radius 1 is 1.23 bits per heavy atom. The number of nitrogens with zero attached hydrogens (tertiary/aromatic N) is 3. The van der Waals surface area contributed by atoms with Gasteiger partial charge in [-0.05, 0) is 45.0 Å². The van der Waals surface area contributed by atoms with E-state index in [0.717, 1.165) is 0 Å². The Morgan fingerprint density at radius 2 is 1.97 bits per heavy atom. The maximum absolute atomic E-state index is 11.9. The van der Waals surface area contributed by atoms with Crippen LogP contribution in [0.15, 0.2) is 52.6 Å². The first-order chi connectivity index (χ1) is 14.7. The number of hydrogen-bond donors (Lipinski definition) is 3. The van der Waals surface area contributed by atoms with Gasteiger partial charge in [0.2, 0.25) is 0 Å². The Kier molecular flexibility index (Phi) is 8.33. The number of nitrogens with two attached hydrogens (primary N) is 1. The number of nitrogens with one attached hydrogen (secondary N) is 1. The number of rotatable bonds is 8. The Morgan fingerprint density at radius 3 is 2.65 bits per heavy atom. The average molecular weight is 429 g/mol. The van der Waals surface area contributed by atoms with Crippen molar-refractivity contribution in [3.63, 3.8) is 0 Å². The summed E-state index contributed by atoms with van der Waals surface area (Å²) in [5, 5.41) is 15.7. The maximum Gasteiger partial charge on any atom is 0.413 e. The number of hydrogen-bond acceptors (Lipinski definition) is 8. The number of anilines is 1. The molecule has 2 aromatic rings. The molecule has 0 aliphatic heterocycles. The minimum absolute atomic E-state index is 0.00368. The minimum Gasteiger partial charge on any atom is -0.497 e. The number of aliphatic hydroxyl groups is 1. The van der Waals surface area contributed by atoms with Crippen LogP contribution in [0.2, 0.25) is 0 Å². The zero-order valence-electron chi connectivity index (χ0n) is 18.0. The van der Waals surface area contributed by atoms with E-state index in [1.54, 1.807) is 70.3 Å². The lowest BCUT2D eigenvalue weighted by Gasteiger charge is -2.19. The summed E-state index contributed by atoms with van der Waals surface area (Å²) in [7, 11) is 1.54. The van der Waals surface area contributed by atoms with Crippen LogP contribution in [0.4, 0.5) is 10.6 Å². The molecular weight excluding hydrogens is 402 g/mol. The van der Waals surface area contributed by atoms with E-state index in [1.165, 1.54) is 0 Å². The highest BCUT2D eigenvalue weighted by Crippen LogP contribution is 2.15. The van der Waals surface area contributed by atoms with E-state index in [0.29, 0.717) is 22.8 Å². The van der Waals surface area contributed by atoms with Gasteiger partial charge in [-0.15, -0.1) is 0 Å². The molecule has 0 saturated heterocycles. The summed E-state index contributed by atoms with van der Waals surface area (Å²) in [5.41, 5.74) is 6.65. The van der Waals surface area contributed by atoms with Crippen molar-refractivity contribution in [2.24, 2.45) is 15.9 Å². The molecule has 1 heterocycles. The normalized spacial score (nSPS) is 12.3. The number of benzene rings is 1. The van der Waals surface area contributed by atoms with E-state index in [-0.39, 0.29) is 18.2 Å². The van der Waals surface area contributed by atoms with Gasteiger partial charge in [-0.2, -0.15) is 0 Å². The third-order valence-electron chi connectivity index (χ3n) is 3.63. The number of oxime groups is 1. The van der Waals surface area contributed by atoms with E-state index in [9.17, 15) is 4.79 Å². The van der Waals surface area contributed by atoms with Crippen LogP contribution in [0.3, 0.4) is 0 Å². The summed E-state index contributed by atoms with van der Waals surface area (Å²) in [6, 6.07) is 12.1. The molecule has 10 heteroatoms. The molecule has 1 amide bonds. The quantitative estimate of drug-likeness (QED) is 0.333. The number of aromatic nitrogens is 1. The number of pyridine rings is 1. The van der Waals surface area contributed by atoms with Crippen molar-refractivity contribution >= 4 is 23.5 Å². The van der Waals surface area contributed by atoms with Gasteiger partial charge in [0, 0.05) is 5.56 Å². The van der Waals surface area contributed by atoms with Crippen molar-refractivity contribution in [1.82, 2.24) is 4.98 Å². The van der Waals surface area contributed by atoms with Gasteiger partial charge in [0.25, 0.3) is 0 Å². The predicted octanol–water partition coefficient (Wildman–Crippen LogP) is 2.67. The molecule has 166 valence electrons. The number of aliphatic imine (C=N–C) groups is 1. The first-order valence-corrected chi connectivity index (χ1v) is 9.43. The molecule has 2 rings (SSSR count). The highest BCUT2D eigenvalue weighted by atomic mass is 16.6. The summed E-state index contributed by atoms with van der Waals surface area (Å²) >= 11 is 0. The highest BCUT2D eigenvalue weighted by molar-refractivity contribution is 6.47. The molecule has 0 saturated carbocycles. The van der Waals surface area contributed by atoms with Gasteiger partial charge in [0.05, 0.1) is 12.8 Å². The smallest absolute Gasteiger partial charge is 0.413 e.